The summed E-state index contributed by atoms with van der Waals surface area (Å²) < 4.78 is 2.06. The maximum Gasteiger partial charge on any atom is 0.263 e. The topological polar surface area (TPSA) is 24.7 Å². The number of benzene rings is 10. The Morgan fingerprint density at radius 3 is 1.49 bits per heavy atom. The largest absolute Gasteiger partial charge is 0.314 e. The third kappa shape index (κ3) is 5.63. The number of fused-ring (bicyclic) bond motifs is 16. The summed E-state index contributed by atoms with van der Waals surface area (Å²) in [7, 11) is 0. The molecule has 3 nitrogen and oxygen atoms in total. The Morgan fingerprint density at radius 2 is 0.873 bits per heavy atom. The molecule has 2 aromatic heterocycles. The lowest BCUT2D eigenvalue weighted by atomic mass is 9.70. The van der Waals surface area contributed by atoms with E-state index in [1.165, 1.54) is 66.9 Å². The first-order valence-corrected chi connectivity index (χ1v) is 24.8. The van der Waals surface area contributed by atoms with E-state index in [1.54, 1.807) is 0 Å². The first-order valence-electron chi connectivity index (χ1n) is 24.8. The SMILES string of the molecule is O=c1c2ccccc2c2cc(-c3ccc(N(C4=CC=C(c5ccccc5)CC4)c4ccc(-c5ccccc5)cc4)cc3)cc3c4ccc5c(c4n1c23)-c1ccccc1C51c2ccccc2-c2ccccc21. The van der Waals surface area contributed by atoms with Crippen LogP contribution in [-0.2, 0) is 5.41 Å². The first-order chi connectivity index (χ1) is 35.1. The van der Waals surface area contributed by atoms with Crippen molar-refractivity contribution in [1.29, 1.82) is 0 Å². The summed E-state index contributed by atoms with van der Waals surface area (Å²) in [5.74, 6) is 0. The van der Waals surface area contributed by atoms with Crippen molar-refractivity contribution in [2.75, 3.05) is 4.90 Å². The summed E-state index contributed by atoms with van der Waals surface area (Å²) >= 11 is 0. The van der Waals surface area contributed by atoms with Crippen LogP contribution in [-0.4, -0.2) is 4.40 Å². The lowest BCUT2D eigenvalue weighted by Crippen LogP contribution is -2.25. The average molecular weight is 905 g/mol. The van der Waals surface area contributed by atoms with E-state index in [2.05, 4.69) is 240 Å². The fourth-order valence-electron chi connectivity index (χ4n) is 12.8. The van der Waals surface area contributed by atoms with E-state index in [4.69, 9.17) is 0 Å². The highest BCUT2D eigenvalue weighted by Crippen LogP contribution is 2.64. The second-order valence-corrected chi connectivity index (χ2v) is 19.4. The highest BCUT2D eigenvalue weighted by molar-refractivity contribution is 6.24. The Labute approximate surface area is 411 Å². The average Bonchev–Trinajstić information content (AvgIpc) is 4.06. The molecule has 3 aliphatic carbocycles. The molecule has 3 aliphatic rings. The van der Waals surface area contributed by atoms with Crippen LogP contribution < -0.4 is 10.5 Å². The van der Waals surface area contributed by atoms with Gasteiger partial charge >= 0.3 is 0 Å². The van der Waals surface area contributed by atoms with Gasteiger partial charge in [-0.15, -0.1) is 0 Å². The van der Waals surface area contributed by atoms with Gasteiger partial charge in [0.05, 0.1) is 16.4 Å². The number of aromatic nitrogens is 1. The van der Waals surface area contributed by atoms with Crippen molar-refractivity contribution in [1.82, 2.24) is 4.40 Å². The second kappa shape index (κ2) is 15.2. The molecule has 12 aromatic rings. The van der Waals surface area contributed by atoms with Crippen LogP contribution in [0.5, 0.6) is 0 Å². The molecule has 1 spiro atoms. The second-order valence-electron chi connectivity index (χ2n) is 19.4. The van der Waals surface area contributed by atoms with Crippen LogP contribution in [0.15, 0.2) is 253 Å². The zero-order valence-corrected chi connectivity index (χ0v) is 38.8. The summed E-state index contributed by atoms with van der Waals surface area (Å²) in [6.07, 6.45) is 6.48. The molecule has 0 amide bonds. The number of rotatable bonds is 6. The third-order valence-electron chi connectivity index (χ3n) is 15.9. The highest BCUT2D eigenvalue weighted by atomic mass is 16.1. The summed E-state index contributed by atoms with van der Waals surface area (Å²) in [6, 6.07) is 83.6. The van der Waals surface area contributed by atoms with Gasteiger partial charge in [0.2, 0.25) is 0 Å². The van der Waals surface area contributed by atoms with Gasteiger partial charge in [-0.05, 0) is 139 Å². The summed E-state index contributed by atoms with van der Waals surface area (Å²) in [4.78, 5) is 17.6. The standard InChI is InChI=1S/C68H44N2O/c71-67-56-22-8-7-19-52(56)58-41-48(47-31-37-51(38-32-47)69(49-33-27-45(28-34-49)43-15-3-1-4-16-43)50-35-29-46(30-36-50)44-17-5-2-6-18-44)42-59-55-39-40-63-64(66(55)70(67)65(58)59)57-23-11-14-26-62(57)68(63)60-24-12-9-20-53(60)54-21-10-13-25-61(54)68/h1-29,31-35,37-42H,30,36H2. The normalized spacial score (nSPS) is 14.1. The molecular weight excluding hydrogens is 861 g/mol. The Bertz CT molecular complexity index is 4230. The zero-order chi connectivity index (χ0) is 46.8. The van der Waals surface area contributed by atoms with Gasteiger partial charge in [0.1, 0.15) is 0 Å². The van der Waals surface area contributed by atoms with Gasteiger partial charge in [-0.25, -0.2) is 0 Å². The summed E-state index contributed by atoms with van der Waals surface area (Å²) in [5.41, 5.74) is 22.2. The van der Waals surface area contributed by atoms with Crippen molar-refractivity contribution in [2.45, 2.75) is 18.3 Å². The monoisotopic (exact) mass is 904 g/mol. The quantitative estimate of drug-likeness (QED) is 0.155. The van der Waals surface area contributed by atoms with Crippen molar-refractivity contribution in [3.05, 3.63) is 287 Å². The van der Waals surface area contributed by atoms with Crippen LogP contribution in [0.3, 0.4) is 0 Å². The van der Waals surface area contributed by atoms with Gasteiger partial charge < -0.3 is 4.90 Å². The van der Waals surface area contributed by atoms with E-state index in [0.717, 1.165) is 78.9 Å². The van der Waals surface area contributed by atoms with E-state index in [9.17, 15) is 0 Å². The number of allylic oxidation sites excluding steroid dienone is 4. The Kier molecular flexibility index (Phi) is 8.56. The van der Waals surface area contributed by atoms with Crippen LogP contribution in [0.1, 0.15) is 40.7 Å². The molecule has 10 aromatic carbocycles. The van der Waals surface area contributed by atoms with Crippen molar-refractivity contribution < 1.29 is 0 Å². The lowest BCUT2D eigenvalue weighted by Gasteiger charge is -2.30. The predicted molar refractivity (Wildman–Crippen MR) is 295 cm³/mol. The number of hydrogen-bond donors (Lipinski definition) is 0. The van der Waals surface area contributed by atoms with Crippen molar-refractivity contribution in [3.63, 3.8) is 0 Å². The van der Waals surface area contributed by atoms with Crippen molar-refractivity contribution in [3.8, 4) is 44.5 Å². The van der Waals surface area contributed by atoms with Gasteiger partial charge in [0.15, 0.2) is 0 Å². The minimum Gasteiger partial charge on any atom is -0.314 e. The number of nitrogens with zero attached hydrogens (tertiary/aromatic N) is 2. The molecule has 2 heterocycles. The van der Waals surface area contributed by atoms with Gasteiger partial charge in [0, 0.05) is 44.2 Å². The van der Waals surface area contributed by atoms with E-state index < -0.39 is 5.41 Å². The van der Waals surface area contributed by atoms with Gasteiger partial charge in [-0.3, -0.25) is 9.20 Å². The van der Waals surface area contributed by atoms with Gasteiger partial charge in [0.25, 0.3) is 5.56 Å². The van der Waals surface area contributed by atoms with E-state index >= 15 is 4.79 Å². The van der Waals surface area contributed by atoms with Crippen molar-refractivity contribution in [2.24, 2.45) is 0 Å². The number of hydrogen-bond acceptors (Lipinski definition) is 2. The molecule has 15 rings (SSSR count). The van der Waals surface area contributed by atoms with E-state index in [0.29, 0.717) is 0 Å². The fraction of sp³-hybridized carbons (Fsp3) is 0.0441. The smallest absolute Gasteiger partial charge is 0.263 e. The van der Waals surface area contributed by atoms with Crippen LogP contribution in [0, 0.1) is 0 Å². The van der Waals surface area contributed by atoms with Crippen LogP contribution in [0.2, 0.25) is 0 Å². The molecule has 71 heavy (non-hydrogen) atoms. The van der Waals surface area contributed by atoms with E-state index in [-0.39, 0.29) is 5.56 Å². The van der Waals surface area contributed by atoms with Gasteiger partial charge in [-0.2, -0.15) is 0 Å². The molecule has 0 saturated heterocycles. The Hall–Kier alpha value is -9.05. The minimum atomic E-state index is -0.513. The summed E-state index contributed by atoms with van der Waals surface area (Å²) in [5, 5.41) is 4.94. The van der Waals surface area contributed by atoms with Crippen LogP contribution in [0.4, 0.5) is 11.4 Å². The van der Waals surface area contributed by atoms with Gasteiger partial charge in [-0.1, -0.05) is 194 Å². The third-order valence-corrected chi connectivity index (χ3v) is 15.9. The van der Waals surface area contributed by atoms with Crippen molar-refractivity contribution >= 4 is 54.9 Å². The minimum absolute atomic E-state index is 0.0175. The lowest BCUT2D eigenvalue weighted by molar-refractivity contribution is 0.794. The van der Waals surface area contributed by atoms with Crippen LogP contribution in [0.25, 0.3) is 88.0 Å². The molecular formula is C68H44N2O. The predicted octanol–water partition coefficient (Wildman–Crippen LogP) is 16.8. The first kappa shape index (κ1) is 39.9. The molecule has 0 saturated carbocycles. The molecule has 332 valence electrons. The number of pyridine rings is 1. The molecule has 0 bridgehead atoms. The Morgan fingerprint density at radius 1 is 0.366 bits per heavy atom. The molecule has 0 fully saturated rings. The molecule has 3 heteroatoms. The highest BCUT2D eigenvalue weighted by Gasteiger charge is 2.52. The molecule has 0 N–H and O–H groups in total. The van der Waals surface area contributed by atoms with Crippen LogP contribution >= 0.6 is 0 Å². The fourth-order valence-corrected chi connectivity index (χ4v) is 12.8. The molecule has 0 atom stereocenters. The van der Waals surface area contributed by atoms with E-state index in [1.807, 2.05) is 12.1 Å². The maximum atomic E-state index is 15.2. The number of anilines is 2. The molecule has 0 radical (unpaired) electrons. The molecule has 0 unspecified atom stereocenters. The maximum absolute atomic E-state index is 15.2. The zero-order valence-electron chi connectivity index (χ0n) is 38.8. The Balaban J connectivity index is 0.918. The summed E-state index contributed by atoms with van der Waals surface area (Å²) in [6.45, 7) is 0. The molecule has 0 aliphatic heterocycles.